The van der Waals surface area contributed by atoms with Gasteiger partial charge in [0.2, 0.25) is 0 Å². The van der Waals surface area contributed by atoms with E-state index in [2.05, 4.69) is 5.32 Å². The standard InChI is InChI=1S/C10H21NO5/c1-14-7-8-15-6-4-11-9-16-5-2-3-10(12)13/h11H,2-9H2,1H3,(H,12,13). The second-order valence-electron chi connectivity index (χ2n) is 3.16. The molecular weight excluding hydrogens is 214 g/mol. The Balaban J connectivity index is 2.90. The summed E-state index contributed by atoms with van der Waals surface area (Å²) >= 11 is 0. The summed E-state index contributed by atoms with van der Waals surface area (Å²) in [4.78, 5) is 10.2. The molecule has 6 heteroatoms. The van der Waals surface area contributed by atoms with Crippen LogP contribution in [0.3, 0.4) is 0 Å². The molecule has 0 bridgehead atoms. The molecule has 0 spiro atoms. The van der Waals surface area contributed by atoms with Crippen molar-refractivity contribution in [2.75, 3.05) is 46.8 Å². The Morgan fingerprint density at radius 1 is 1.19 bits per heavy atom. The van der Waals surface area contributed by atoms with Gasteiger partial charge >= 0.3 is 5.97 Å². The number of carboxylic acid groups (broad SMARTS) is 1. The minimum absolute atomic E-state index is 0.153. The SMILES string of the molecule is COCCOCCNCOCCCC(=O)O. The minimum atomic E-state index is -0.789. The quantitative estimate of drug-likeness (QED) is 0.368. The lowest BCUT2D eigenvalue weighted by Crippen LogP contribution is -2.23. The van der Waals surface area contributed by atoms with Crippen LogP contribution in [0.1, 0.15) is 12.8 Å². The predicted octanol–water partition coefficient (Wildman–Crippen LogP) is 0.0779. The maximum absolute atomic E-state index is 10.2. The molecule has 0 rings (SSSR count). The van der Waals surface area contributed by atoms with Gasteiger partial charge in [-0.25, -0.2) is 0 Å². The van der Waals surface area contributed by atoms with E-state index in [1.54, 1.807) is 7.11 Å². The van der Waals surface area contributed by atoms with E-state index in [0.29, 0.717) is 46.1 Å². The molecule has 0 aliphatic heterocycles. The highest BCUT2D eigenvalue weighted by Gasteiger charge is 1.95. The average Bonchev–Trinajstić information content (AvgIpc) is 2.25. The number of carboxylic acids is 1. The van der Waals surface area contributed by atoms with Crippen molar-refractivity contribution in [3.8, 4) is 0 Å². The fraction of sp³-hybridized carbons (Fsp3) is 0.900. The Labute approximate surface area is 95.9 Å². The largest absolute Gasteiger partial charge is 0.481 e. The van der Waals surface area contributed by atoms with E-state index >= 15 is 0 Å². The molecule has 0 aromatic rings. The molecule has 16 heavy (non-hydrogen) atoms. The van der Waals surface area contributed by atoms with Crippen LogP contribution < -0.4 is 5.32 Å². The van der Waals surface area contributed by atoms with E-state index in [-0.39, 0.29) is 6.42 Å². The molecule has 0 fully saturated rings. The van der Waals surface area contributed by atoms with E-state index in [9.17, 15) is 4.79 Å². The number of methoxy groups -OCH3 is 1. The topological polar surface area (TPSA) is 77.0 Å². The molecule has 0 aliphatic carbocycles. The van der Waals surface area contributed by atoms with Crippen LogP contribution >= 0.6 is 0 Å². The van der Waals surface area contributed by atoms with Gasteiger partial charge in [0, 0.05) is 26.7 Å². The Morgan fingerprint density at radius 2 is 2.00 bits per heavy atom. The van der Waals surface area contributed by atoms with Crippen LogP contribution in [0.5, 0.6) is 0 Å². The number of ether oxygens (including phenoxy) is 3. The summed E-state index contributed by atoms with van der Waals surface area (Å²) in [7, 11) is 1.63. The Hall–Kier alpha value is -0.690. The monoisotopic (exact) mass is 235 g/mol. The molecule has 0 saturated carbocycles. The normalized spacial score (nSPS) is 10.6. The van der Waals surface area contributed by atoms with Crippen molar-refractivity contribution in [3.63, 3.8) is 0 Å². The van der Waals surface area contributed by atoms with E-state index < -0.39 is 5.97 Å². The second kappa shape index (κ2) is 12.4. The molecule has 0 saturated heterocycles. The van der Waals surface area contributed by atoms with E-state index in [0.717, 1.165) is 0 Å². The molecule has 0 amide bonds. The molecule has 0 atom stereocenters. The molecule has 0 aliphatic rings. The first-order chi connectivity index (χ1) is 7.77. The molecule has 0 aromatic heterocycles. The van der Waals surface area contributed by atoms with Gasteiger partial charge in [0.05, 0.1) is 26.6 Å². The Bertz CT molecular complexity index is 165. The fourth-order valence-corrected chi connectivity index (χ4v) is 0.931. The molecule has 0 aromatic carbocycles. The summed E-state index contributed by atoms with van der Waals surface area (Å²) in [6.07, 6.45) is 0.696. The van der Waals surface area contributed by atoms with Crippen molar-refractivity contribution in [2.24, 2.45) is 0 Å². The summed E-state index contributed by atoms with van der Waals surface area (Å²) in [5.74, 6) is -0.789. The average molecular weight is 235 g/mol. The van der Waals surface area contributed by atoms with Gasteiger partial charge in [-0.05, 0) is 6.42 Å². The van der Waals surface area contributed by atoms with E-state index in [4.69, 9.17) is 19.3 Å². The van der Waals surface area contributed by atoms with Crippen LogP contribution in [0.4, 0.5) is 0 Å². The summed E-state index contributed by atoms with van der Waals surface area (Å²) in [5, 5.41) is 11.4. The maximum Gasteiger partial charge on any atom is 0.303 e. The fourth-order valence-electron chi connectivity index (χ4n) is 0.931. The summed E-state index contributed by atoms with van der Waals surface area (Å²) < 4.78 is 15.2. The van der Waals surface area contributed by atoms with Crippen molar-refractivity contribution in [2.45, 2.75) is 12.8 Å². The van der Waals surface area contributed by atoms with Crippen LogP contribution in [0.2, 0.25) is 0 Å². The number of carbonyl (C=O) groups is 1. The van der Waals surface area contributed by atoms with Crippen LogP contribution in [0.15, 0.2) is 0 Å². The smallest absolute Gasteiger partial charge is 0.303 e. The lowest BCUT2D eigenvalue weighted by molar-refractivity contribution is -0.137. The van der Waals surface area contributed by atoms with E-state index in [1.807, 2.05) is 0 Å². The number of nitrogens with one attached hydrogen (secondary N) is 1. The molecule has 0 radical (unpaired) electrons. The van der Waals surface area contributed by atoms with Gasteiger partial charge in [-0.1, -0.05) is 0 Å². The van der Waals surface area contributed by atoms with Gasteiger partial charge in [0.1, 0.15) is 0 Å². The zero-order chi connectivity index (χ0) is 12.1. The van der Waals surface area contributed by atoms with Gasteiger partial charge in [-0.3, -0.25) is 10.1 Å². The van der Waals surface area contributed by atoms with Crippen molar-refractivity contribution in [3.05, 3.63) is 0 Å². The highest BCUT2D eigenvalue weighted by Crippen LogP contribution is 1.88. The Kier molecular flexibility index (Phi) is 11.8. The first-order valence-corrected chi connectivity index (χ1v) is 5.34. The number of rotatable bonds is 12. The van der Waals surface area contributed by atoms with Gasteiger partial charge in [-0.15, -0.1) is 0 Å². The Morgan fingerprint density at radius 3 is 2.69 bits per heavy atom. The number of hydrogen-bond acceptors (Lipinski definition) is 5. The lowest BCUT2D eigenvalue weighted by Gasteiger charge is -2.06. The number of hydrogen-bond donors (Lipinski definition) is 2. The van der Waals surface area contributed by atoms with Crippen LogP contribution in [0.25, 0.3) is 0 Å². The molecule has 0 unspecified atom stereocenters. The third-order valence-corrected chi connectivity index (χ3v) is 1.74. The maximum atomic E-state index is 10.2. The zero-order valence-corrected chi connectivity index (χ0v) is 9.74. The summed E-state index contributed by atoms with van der Waals surface area (Å²) in [6, 6.07) is 0. The summed E-state index contributed by atoms with van der Waals surface area (Å²) in [5.41, 5.74) is 0. The van der Waals surface area contributed by atoms with Crippen LogP contribution in [0, 0.1) is 0 Å². The first-order valence-electron chi connectivity index (χ1n) is 5.34. The van der Waals surface area contributed by atoms with Crippen molar-refractivity contribution in [1.82, 2.24) is 5.32 Å². The van der Waals surface area contributed by atoms with Gasteiger partial charge in [0.25, 0.3) is 0 Å². The first kappa shape index (κ1) is 15.3. The van der Waals surface area contributed by atoms with Gasteiger partial charge < -0.3 is 19.3 Å². The molecule has 2 N–H and O–H groups in total. The minimum Gasteiger partial charge on any atom is -0.481 e. The van der Waals surface area contributed by atoms with Crippen molar-refractivity contribution in [1.29, 1.82) is 0 Å². The third kappa shape index (κ3) is 13.3. The van der Waals surface area contributed by atoms with Crippen LogP contribution in [-0.2, 0) is 19.0 Å². The third-order valence-electron chi connectivity index (χ3n) is 1.74. The zero-order valence-electron chi connectivity index (χ0n) is 9.74. The molecule has 0 heterocycles. The summed E-state index contributed by atoms with van der Waals surface area (Å²) in [6.45, 7) is 3.41. The molecule has 96 valence electrons. The van der Waals surface area contributed by atoms with Gasteiger partial charge in [0.15, 0.2) is 0 Å². The van der Waals surface area contributed by atoms with Crippen molar-refractivity contribution < 1.29 is 24.1 Å². The van der Waals surface area contributed by atoms with Gasteiger partial charge in [-0.2, -0.15) is 0 Å². The molecule has 6 nitrogen and oxygen atoms in total. The lowest BCUT2D eigenvalue weighted by atomic mass is 10.3. The second-order valence-corrected chi connectivity index (χ2v) is 3.16. The van der Waals surface area contributed by atoms with Crippen molar-refractivity contribution >= 4 is 5.97 Å². The predicted molar refractivity (Wildman–Crippen MR) is 58.4 cm³/mol. The highest BCUT2D eigenvalue weighted by atomic mass is 16.5. The highest BCUT2D eigenvalue weighted by molar-refractivity contribution is 5.66. The molecular formula is C10H21NO5. The van der Waals surface area contributed by atoms with E-state index in [1.165, 1.54) is 0 Å². The van der Waals surface area contributed by atoms with Crippen LogP contribution in [-0.4, -0.2) is 57.9 Å². The number of aliphatic carboxylic acids is 1.